The number of hydrogen-bond acceptors (Lipinski definition) is 2. The molecule has 2 heteroatoms. The van der Waals surface area contributed by atoms with E-state index in [1.807, 2.05) is 0 Å². The van der Waals surface area contributed by atoms with E-state index in [-0.39, 0.29) is 0 Å². The smallest absolute Gasteiger partial charge is 0.0892 e. The highest BCUT2D eigenvalue weighted by atomic mass is 15.4. The maximum absolute atomic E-state index is 2.62. The van der Waals surface area contributed by atoms with Crippen molar-refractivity contribution >= 4 is 0 Å². The monoisotopic (exact) mass is 342 g/mol. The van der Waals surface area contributed by atoms with Crippen molar-refractivity contribution < 1.29 is 0 Å². The zero-order valence-corrected chi connectivity index (χ0v) is 15.2. The third-order valence-electron chi connectivity index (χ3n) is 5.14. The van der Waals surface area contributed by atoms with E-state index in [2.05, 4.69) is 101 Å². The standard InChI is InChI=1S/C24H26N2/c1-4-11-21(12-5-1)19-25-17-10-18-26(20-22-13-6-2-7-14-22)24(25)23-15-8-3-9-16-23/h1-9,11-16,24H,10,17-20H2. The number of hydrogen-bond donors (Lipinski definition) is 0. The van der Waals surface area contributed by atoms with E-state index >= 15 is 0 Å². The molecule has 3 aromatic carbocycles. The topological polar surface area (TPSA) is 6.48 Å². The molecule has 1 aliphatic heterocycles. The summed E-state index contributed by atoms with van der Waals surface area (Å²) < 4.78 is 0. The van der Waals surface area contributed by atoms with Gasteiger partial charge < -0.3 is 0 Å². The normalized spacial score (nSPS) is 16.6. The Morgan fingerprint density at radius 2 is 1.00 bits per heavy atom. The van der Waals surface area contributed by atoms with E-state index < -0.39 is 0 Å². The van der Waals surface area contributed by atoms with Gasteiger partial charge >= 0.3 is 0 Å². The molecule has 0 radical (unpaired) electrons. The highest BCUT2D eigenvalue weighted by molar-refractivity contribution is 5.22. The highest BCUT2D eigenvalue weighted by Gasteiger charge is 2.30. The Morgan fingerprint density at radius 3 is 1.46 bits per heavy atom. The predicted molar refractivity (Wildman–Crippen MR) is 108 cm³/mol. The van der Waals surface area contributed by atoms with Gasteiger partial charge in [-0.05, 0) is 23.1 Å². The van der Waals surface area contributed by atoms with Crippen LogP contribution in [-0.2, 0) is 13.1 Å². The summed E-state index contributed by atoms with van der Waals surface area (Å²) in [6, 6.07) is 32.6. The maximum Gasteiger partial charge on any atom is 0.0892 e. The molecule has 1 saturated heterocycles. The molecule has 0 spiro atoms. The molecule has 0 saturated carbocycles. The zero-order chi connectivity index (χ0) is 17.6. The van der Waals surface area contributed by atoms with Crippen LogP contribution in [0.4, 0.5) is 0 Å². The van der Waals surface area contributed by atoms with E-state index in [1.165, 1.54) is 23.1 Å². The maximum atomic E-state index is 2.62. The van der Waals surface area contributed by atoms with E-state index in [4.69, 9.17) is 0 Å². The summed E-state index contributed by atoms with van der Waals surface area (Å²) in [5, 5.41) is 0. The van der Waals surface area contributed by atoms with Crippen molar-refractivity contribution in [3.63, 3.8) is 0 Å². The van der Waals surface area contributed by atoms with Gasteiger partial charge in [0.2, 0.25) is 0 Å². The molecule has 1 fully saturated rings. The first-order chi connectivity index (χ1) is 12.9. The van der Waals surface area contributed by atoms with Crippen molar-refractivity contribution in [2.75, 3.05) is 13.1 Å². The molecule has 0 aromatic heterocycles. The Kier molecular flexibility index (Phi) is 5.44. The van der Waals surface area contributed by atoms with Crippen molar-refractivity contribution in [1.29, 1.82) is 0 Å². The first-order valence-corrected chi connectivity index (χ1v) is 9.51. The van der Waals surface area contributed by atoms with Gasteiger partial charge in [-0.1, -0.05) is 91.0 Å². The van der Waals surface area contributed by atoms with Crippen molar-refractivity contribution in [3.8, 4) is 0 Å². The van der Waals surface area contributed by atoms with Gasteiger partial charge in [0.25, 0.3) is 0 Å². The van der Waals surface area contributed by atoms with Crippen LogP contribution in [0.25, 0.3) is 0 Å². The molecule has 0 atom stereocenters. The fourth-order valence-electron chi connectivity index (χ4n) is 3.97. The Bertz CT molecular complexity index is 737. The minimum absolute atomic E-state index is 0.324. The lowest BCUT2D eigenvalue weighted by Crippen LogP contribution is -2.46. The van der Waals surface area contributed by atoms with Gasteiger partial charge in [0.1, 0.15) is 0 Å². The average Bonchev–Trinajstić information content (AvgIpc) is 2.70. The summed E-state index contributed by atoms with van der Waals surface area (Å²) in [4.78, 5) is 5.24. The van der Waals surface area contributed by atoms with E-state index in [0.29, 0.717) is 6.17 Å². The minimum atomic E-state index is 0.324. The van der Waals surface area contributed by atoms with Gasteiger partial charge in [0, 0.05) is 26.2 Å². The van der Waals surface area contributed by atoms with E-state index in [0.717, 1.165) is 26.2 Å². The molecule has 0 aliphatic carbocycles. The Labute approximate surface area is 156 Å². The lowest BCUT2D eigenvalue weighted by atomic mass is 10.0. The van der Waals surface area contributed by atoms with Crippen LogP contribution in [0.3, 0.4) is 0 Å². The lowest BCUT2D eigenvalue weighted by Gasteiger charge is -2.44. The fraction of sp³-hybridized carbons (Fsp3) is 0.250. The van der Waals surface area contributed by atoms with Crippen LogP contribution in [0.1, 0.15) is 29.3 Å². The van der Waals surface area contributed by atoms with Gasteiger partial charge in [0.05, 0.1) is 6.17 Å². The molecule has 0 unspecified atom stereocenters. The Morgan fingerprint density at radius 1 is 0.577 bits per heavy atom. The second-order valence-corrected chi connectivity index (χ2v) is 7.05. The molecule has 26 heavy (non-hydrogen) atoms. The van der Waals surface area contributed by atoms with Gasteiger partial charge in [0.15, 0.2) is 0 Å². The van der Waals surface area contributed by atoms with Gasteiger partial charge in [-0.2, -0.15) is 0 Å². The third-order valence-corrected chi connectivity index (χ3v) is 5.14. The minimum Gasteiger partial charge on any atom is -0.280 e. The second-order valence-electron chi connectivity index (χ2n) is 7.05. The largest absolute Gasteiger partial charge is 0.280 e. The SMILES string of the molecule is c1ccc(CN2CCCN(Cc3ccccc3)C2c2ccccc2)cc1. The molecule has 1 aliphatic rings. The third kappa shape index (κ3) is 4.04. The van der Waals surface area contributed by atoms with Crippen LogP contribution in [-0.4, -0.2) is 22.9 Å². The molecule has 0 amide bonds. The molecule has 3 aromatic rings. The fourth-order valence-corrected chi connectivity index (χ4v) is 3.97. The van der Waals surface area contributed by atoms with Crippen LogP contribution in [0.15, 0.2) is 91.0 Å². The van der Waals surface area contributed by atoms with Crippen LogP contribution >= 0.6 is 0 Å². The summed E-state index contributed by atoms with van der Waals surface area (Å²) in [5.41, 5.74) is 4.16. The van der Waals surface area contributed by atoms with Crippen LogP contribution in [0.2, 0.25) is 0 Å². The van der Waals surface area contributed by atoms with Crippen LogP contribution < -0.4 is 0 Å². The van der Waals surface area contributed by atoms with Gasteiger partial charge in [-0.15, -0.1) is 0 Å². The van der Waals surface area contributed by atoms with Crippen molar-refractivity contribution in [2.45, 2.75) is 25.7 Å². The molecule has 1 heterocycles. The summed E-state index contributed by atoms with van der Waals surface area (Å²) in [6.45, 7) is 4.26. The summed E-state index contributed by atoms with van der Waals surface area (Å²) >= 11 is 0. The molecule has 0 N–H and O–H groups in total. The van der Waals surface area contributed by atoms with Crippen LogP contribution in [0, 0.1) is 0 Å². The quantitative estimate of drug-likeness (QED) is 0.637. The zero-order valence-electron chi connectivity index (χ0n) is 15.2. The second kappa shape index (κ2) is 8.31. The molecule has 132 valence electrons. The predicted octanol–water partition coefficient (Wildman–Crippen LogP) is 5.09. The average molecular weight is 342 g/mol. The van der Waals surface area contributed by atoms with Crippen molar-refractivity contribution in [3.05, 3.63) is 108 Å². The number of rotatable bonds is 5. The van der Waals surface area contributed by atoms with Crippen LogP contribution in [0.5, 0.6) is 0 Å². The van der Waals surface area contributed by atoms with E-state index in [9.17, 15) is 0 Å². The summed E-state index contributed by atoms with van der Waals surface area (Å²) in [5.74, 6) is 0. The lowest BCUT2D eigenvalue weighted by molar-refractivity contribution is -0.00908. The molecular weight excluding hydrogens is 316 g/mol. The van der Waals surface area contributed by atoms with E-state index in [1.54, 1.807) is 0 Å². The molecule has 0 bridgehead atoms. The highest BCUT2D eigenvalue weighted by Crippen LogP contribution is 2.31. The van der Waals surface area contributed by atoms with Crippen molar-refractivity contribution in [2.24, 2.45) is 0 Å². The first kappa shape index (κ1) is 17.0. The molecular formula is C24H26N2. The molecule has 4 rings (SSSR count). The summed E-state index contributed by atoms with van der Waals surface area (Å²) in [7, 11) is 0. The van der Waals surface area contributed by atoms with Crippen molar-refractivity contribution in [1.82, 2.24) is 9.80 Å². The number of nitrogens with zero attached hydrogens (tertiary/aromatic N) is 2. The molecule has 2 nitrogen and oxygen atoms in total. The first-order valence-electron chi connectivity index (χ1n) is 9.51. The Balaban J connectivity index is 1.62. The summed E-state index contributed by atoms with van der Waals surface area (Å²) in [6.07, 6.45) is 1.54. The van der Waals surface area contributed by atoms with Gasteiger partial charge in [-0.25, -0.2) is 0 Å². The Hall–Kier alpha value is -2.42. The number of benzene rings is 3. The van der Waals surface area contributed by atoms with Gasteiger partial charge in [-0.3, -0.25) is 9.80 Å².